The Labute approximate surface area is 385 Å². The lowest BCUT2D eigenvalue weighted by Gasteiger charge is -2.47. The molecule has 8 atom stereocenters. The smallest absolute Gasteiger partial charge is 0.471 e. The Balaban J connectivity index is 1.17. The van der Waals surface area contributed by atoms with Crippen LogP contribution >= 0.6 is 0 Å². The monoisotopic (exact) mass is 891 g/mol. The van der Waals surface area contributed by atoms with Crippen molar-refractivity contribution >= 4 is 0 Å². The molecule has 0 aliphatic carbocycles. The first-order valence-electron chi connectivity index (χ1n) is 22.2. The van der Waals surface area contributed by atoms with Crippen molar-refractivity contribution in [2.24, 2.45) is 0 Å². The molecule has 66 heavy (non-hydrogen) atoms. The van der Waals surface area contributed by atoms with Gasteiger partial charge in [0.05, 0.1) is 52.9 Å². The molecule has 1 saturated heterocycles. The van der Waals surface area contributed by atoms with E-state index in [-0.39, 0.29) is 51.9 Å². The summed E-state index contributed by atoms with van der Waals surface area (Å²) in [5, 5.41) is 21.7. The Morgan fingerprint density at radius 2 is 0.788 bits per heavy atom. The molecule has 12 heteroatoms. The highest BCUT2D eigenvalue weighted by molar-refractivity contribution is 5.23. The van der Waals surface area contributed by atoms with Gasteiger partial charge in [0, 0.05) is 0 Å². The number of nitrogens with zero attached hydrogens (tertiary/aromatic N) is 2. The summed E-state index contributed by atoms with van der Waals surface area (Å²) >= 11 is 0. The van der Waals surface area contributed by atoms with E-state index in [1.54, 1.807) is 0 Å². The Morgan fingerprint density at radius 1 is 0.424 bits per heavy atom. The maximum absolute atomic E-state index is 11.3. The lowest BCUT2D eigenvalue weighted by atomic mass is 9.97. The molecule has 6 aromatic carbocycles. The first kappa shape index (κ1) is 46.3. The molecule has 0 bridgehead atoms. The number of ether oxygens (including phenoxy) is 9. The molecule has 0 radical (unpaired) electrons. The van der Waals surface area contributed by atoms with Gasteiger partial charge in [-0.05, 0) is 33.4 Å². The lowest BCUT2D eigenvalue weighted by Crippen LogP contribution is -2.63. The van der Waals surface area contributed by atoms with E-state index in [1.807, 2.05) is 182 Å². The largest absolute Gasteiger partial charge is 0.475 e. The van der Waals surface area contributed by atoms with E-state index < -0.39 is 55.0 Å². The van der Waals surface area contributed by atoms with Crippen molar-refractivity contribution in [1.82, 2.24) is 0 Å². The molecule has 1 fully saturated rings. The standard InChI is InChI=1S/C54H54N2O10/c55-56-47-50(61-34-42-25-13-4-14-26-42)49(46(64-53(47)57)38-59-32-40-21-9-2-10-22-40)66-54-52(63-36-44-29-17-6-18-30-44)51(62-35-43-27-15-5-16-28-43)48(60-33-41-23-11-3-12-24-41)45(65-54)37-58-31-39-19-7-1-8-20-39/h1-30,45-46,48-52,54H,31-38H2/p+1/t45-,46-,48+,49-,50-,51+,52-,54+/m1/s1. The van der Waals surface area contributed by atoms with Crippen molar-refractivity contribution in [2.75, 3.05) is 13.2 Å². The fourth-order valence-corrected chi connectivity index (χ4v) is 7.94. The van der Waals surface area contributed by atoms with Crippen LogP contribution in [0.25, 0.3) is 4.98 Å². The summed E-state index contributed by atoms with van der Waals surface area (Å²) in [5.41, 5.74) is 5.35. The van der Waals surface area contributed by atoms with Gasteiger partial charge in [0.2, 0.25) is 11.5 Å². The first-order valence-corrected chi connectivity index (χ1v) is 22.2. The normalized spacial score (nSPS) is 22.9. The second kappa shape index (κ2) is 24.3. The maximum Gasteiger partial charge on any atom is 0.471 e. The Hall–Kier alpha value is -6.24. The average molecular weight is 892 g/mol. The minimum absolute atomic E-state index is 0.0455. The molecule has 0 spiro atoms. The number of diazo groups is 1. The van der Waals surface area contributed by atoms with Gasteiger partial charge >= 0.3 is 11.6 Å². The zero-order valence-electron chi connectivity index (χ0n) is 36.6. The van der Waals surface area contributed by atoms with Crippen LogP contribution in [0, 0.1) is 5.39 Å². The number of rotatable bonds is 22. The third-order valence-electron chi connectivity index (χ3n) is 11.3. The molecule has 0 unspecified atom stereocenters. The highest BCUT2D eigenvalue weighted by atomic mass is 16.7. The predicted molar refractivity (Wildman–Crippen MR) is 245 cm³/mol. The minimum Gasteiger partial charge on any atom is -0.475 e. The zero-order chi connectivity index (χ0) is 45.2. The minimum atomic E-state index is -1.19. The van der Waals surface area contributed by atoms with Gasteiger partial charge < -0.3 is 47.7 Å². The molecule has 1 N–H and O–H groups in total. The van der Waals surface area contributed by atoms with Crippen molar-refractivity contribution in [1.29, 1.82) is 5.39 Å². The molecule has 0 amide bonds. The van der Waals surface area contributed by atoms with Crippen LogP contribution in [0.3, 0.4) is 0 Å². The molecule has 0 saturated carbocycles. The van der Waals surface area contributed by atoms with Gasteiger partial charge in [0.25, 0.3) is 0 Å². The molecule has 2 aliphatic heterocycles. The van der Waals surface area contributed by atoms with Crippen LogP contribution < -0.4 is 0 Å². The number of aliphatic hydroxyl groups excluding tert-OH is 1. The fourth-order valence-electron chi connectivity index (χ4n) is 7.94. The van der Waals surface area contributed by atoms with Gasteiger partial charge in [-0.2, -0.15) is 0 Å². The molecular weight excluding hydrogens is 837 g/mol. The summed E-state index contributed by atoms with van der Waals surface area (Å²) in [7, 11) is 0. The molecule has 0 aromatic heterocycles. The lowest BCUT2D eigenvalue weighted by molar-refractivity contribution is -0.349. The van der Waals surface area contributed by atoms with E-state index in [0.717, 1.165) is 33.4 Å². The number of hydrogen-bond acceptors (Lipinski definition) is 11. The molecule has 8 rings (SSSR count). The second-order valence-corrected chi connectivity index (χ2v) is 16.1. The molecule has 2 aliphatic rings. The summed E-state index contributed by atoms with van der Waals surface area (Å²) in [6.45, 7) is 1.37. The molecule has 2 heterocycles. The SMILES string of the molecule is N#[N+]C1=C(O)O[C@H](COCc2ccccc2)[C@@H](O[C@@H]2O[C@H](COCc3ccccc3)[C@H](OCc3ccccc3)[C@H](OCc3ccccc3)[C@H]2OCc2ccccc2)[C@@H]1OCc1ccccc1. The summed E-state index contributed by atoms with van der Waals surface area (Å²) < 4.78 is 60.1. The van der Waals surface area contributed by atoms with Gasteiger partial charge in [-0.1, -0.05) is 182 Å². The van der Waals surface area contributed by atoms with Crippen molar-refractivity contribution in [3.05, 3.63) is 232 Å². The van der Waals surface area contributed by atoms with E-state index in [9.17, 15) is 10.5 Å². The van der Waals surface area contributed by atoms with E-state index in [4.69, 9.17) is 42.6 Å². The first-order chi connectivity index (χ1) is 32.6. The summed E-state index contributed by atoms with van der Waals surface area (Å²) in [5.74, 6) is -0.615. The van der Waals surface area contributed by atoms with Gasteiger partial charge in [0.1, 0.15) is 30.5 Å². The van der Waals surface area contributed by atoms with Crippen molar-refractivity contribution < 1.29 is 47.7 Å². The molecule has 12 nitrogen and oxygen atoms in total. The van der Waals surface area contributed by atoms with E-state index in [2.05, 4.69) is 4.98 Å². The third-order valence-corrected chi connectivity index (χ3v) is 11.3. The predicted octanol–water partition coefficient (Wildman–Crippen LogP) is 9.85. The van der Waals surface area contributed by atoms with Gasteiger partial charge in [-0.15, -0.1) is 0 Å². The number of aliphatic hydroxyl groups is 1. The van der Waals surface area contributed by atoms with Crippen LogP contribution in [0.2, 0.25) is 0 Å². The molecular formula is C54H55N2O10+. The van der Waals surface area contributed by atoms with E-state index in [1.165, 1.54) is 0 Å². The van der Waals surface area contributed by atoms with Gasteiger partial charge in [-0.3, -0.25) is 0 Å². The molecule has 340 valence electrons. The highest BCUT2D eigenvalue weighted by Crippen LogP contribution is 2.37. The van der Waals surface area contributed by atoms with Crippen LogP contribution in [0.5, 0.6) is 0 Å². The van der Waals surface area contributed by atoms with Crippen LogP contribution in [-0.4, -0.2) is 67.3 Å². The fraction of sp³-hybridized carbons (Fsp3) is 0.296. The number of benzene rings is 6. The van der Waals surface area contributed by atoms with Crippen molar-refractivity contribution in [3.63, 3.8) is 0 Å². The maximum atomic E-state index is 11.3. The molecule has 6 aromatic rings. The third kappa shape index (κ3) is 13.0. The topological polar surface area (TPSA) is 131 Å². The summed E-state index contributed by atoms with van der Waals surface area (Å²) in [6, 6.07) is 58.8. The van der Waals surface area contributed by atoms with Crippen molar-refractivity contribution in [3.8, 4) is 0 Å². The van der Waals surface area contributed by atoms with Gasteiger partial charge in [-0.25, -0.2) is 0 Å². The van der Waals surface area contributed by atoms with Crippen LogP contribution in [0.1, 0.15) is 33.4 Å². The second-order valence-electron chi connectivity index (χ2n) is 16.1. The Bertz CT molecular complexity index is 2390. The van der Waals surface area contributed by atoms with Crippen LogP contribution in [-0.2, 0) is 82.3 Å². The van der Waals surface area contributed by atoms with E-state index in [0.29, 0.717) is 6.61 Å². The van der Waals surface area contributed by atoms with Gasteiger partial charge in [0.15, 0.2) is 17.4 Å². The van der Waals surface area contributed by atoms with Crippen LogP contribution in [0.15, 0.2) is 194 Å². The quantitative estimate of drug-likeness (QED) is 0.0654. The van der Waals surface area contributed by atoms with Crippen molar-refractivity contribution in [2.45, 2.75) is 88.7 Å². The summed E-state index contributed by atoms with van der Waals surface area (Å²) in [6.07, 6.45) is -7.66. The Kier molecular flexibility index (Phi) is 17.1. The Morgan fingerprint density at radius 3 is 1.21 bits per heavy atom. The van der Waals surface area contributed by atoms with E-state index >= 15 is 0 Å². The average Bonchev–Trinajstić information content (AvgIpc) is 3.37. The zero-order valence-corrected chi connectivity index (χ0v) is 36.6. The summed E-state index contributed by atoms with van der Waals surface area (Å²) in [4.78, 5) is 3.47. The highest BCUT2D eigenvalue weighted by Gasteiger charge is 2.55. The van der Waals surface area contributed by atoms with Crippen LogP contribution in [0.4, 0.5) is 0 Å². The number of hydrogen-bond donors (Lipinski definition) is 1.